The average Bonchev–Trinajstić information content (AvgIpc) is 3.48. The van der Waals surface area contributed by atoms with Gasteiger partial charge in [0.25, 0.3) is 0 Å². The van der Waals surface area contributed by atoms with Crippen molar-refractivity contribution in [1.29, 1.82) is 0 Å². The lowest BCUT2D eigenvalue weighted by molar-refractivity contribution is 1.10. The molecule has 0 aliphatic rings. The summed E-state index contributed by atoms with van der Waals surface area (Å²) in [5.74, 6) is 0.908. The van der Waals surface area contributed by atoms with Crippen molar-refractivity contribution in [3.05, 3.63) is 146 Å². The van der Waals surface area contributed by atoms with Crippen LogP contribution < -0.4 is 0 Å². The van der Waals surface area contributed by atoms with Crippen LogP contribution in [-0.4, -0.2) is 29.5 Å². The van der Waals surface area contributed by atoms with Crippen molar-refractivity contribution in [3.63, 3.8) is 0 Å². The molecular formula is C37H24N6. The molecule has 0 radical (unpaired) electrons. The molecule has 0 aliphatic heterocycles. The average molecular weight is 553 g/mol. The molecule has 0 aliphatic carbocycles. The molecule has 8 rings (SSSR count). The number of pyridine rings is 2. The van der Waals surface area contributed by atoms with Crippen molar-refractivity contribution >= 4 is 22.1 Å². The van der Waals surface area contributed by atoms with Crippen LogP contribution >= 0.6 is 0 Å². The molecule has 0 amide bonds. The molecule has 0 N–H and O–H groups in total. The van der Waals surface area contributed by atoms with E-state index >= 15 is 0 Å². The Morgan fingerprint density at radius 1 is 0.419 bits per heavy atom. The number of aromatic nitrogens is 6. The molecule has 0 saturated carbocycles. The van der Waals surface area contributed by atoms with Crippen LogP contribution in [0.25, 0.3) is 73.0 Å². The number of hydrogen-bond acceptors (Lipinski definition) is 5. The zero-order valence-electron chi connectivity index (χ0n) is 23.0. The number of benzene rings is 4. The van der Waals surface area contributed by atoms with Crippen LogP contribution in [0.5, 0.6) is 0 Å². The topological polar surface area (TPSA) is 69.4 Å². The van der Waals surface area contributed by atoms with Crippen molar-refractivity contribution in [2.45, 2.75) is 0 Å². The summed E-state index contributed by atoms with van der Waals surface area (Å²) in [7, 11) is 0. The SMILES string of the molecule is c1ccc(-n2c(-c3ccc(-c4ccc5nc(-c6ccccn6)c(-c6ccccn6)nc5c4)cc3)nc3ccccc32)cc1. The van der Waals surface area contributed by atoms with Crippen molar-refractivity contribution < 1.29 is 0 Å². The molecule has 0 fully saturated rings. The Hall–Kier alpha value is -6.01. The van der Waals surface area contributed by atoms with Gasteiger partial charge in [-0.2, -0.15) is 0 Å². The van der Waals surface area contributed by atoms with Crippen LogP contribution in [0.3, 0.4) is 0 Å². The highest BCUT2D eigenvalue weighted by Gasteiger charge is 2.17. The highest BCUT2D eigenvalue weighted by molar-refractivity contribution is 5.88. The third kappa shape index (κ3) is 4.51. The Labute approximate surface area is 248 Å². The number of fused-ring (bicyclic) bond motifs is 2. The fourth-order valence-corrected chi connectivity index (χ4v) is 5.47. The number of hydrogen-bond donors (Lipinski definition) is 0. The Balaban J connectivity index is 1.21. The van der Waals surface area contributed by atoms with Gasteiger partial charge in [-0.05, 0) is 71.8 Å². The van der Waals surface area contributed by atoms with E-state index in [0.29, 0.717) is 11.4 Å². The minimum atomic E-state index is 0.708. The van der Waals surface area contributed by atoms with Gasteiger partial charge in [-0.25, -0.2) is 15.0 Å². The van der Waals surface area contributed by atoms with Crippen LogP contribution in [0.15, 0.2) is 146 Å². The van der Waals surface area contributed by atoms with Crippen molar-refractivity contribution in [1.82, 2.24) is 29.5 Å². The van der Waals surface area contributed by atoms with E-state index in [0.717, 1.165) is 61.7 Å². The summed E-state index contributed by atoms with van der Waals surface area (Å²) in [6.07, 6.45) is 3.54. The molecule has 6 heteroatoms. The zero-order valence-corrected chi connectivity index (χ0v) is 23.0. The molecule has 202 valence electrons. The zero-order chi connectivity index (χ0) is 28.6. The molecule has 0 saturated heterocycles. The van der Waals surface area contributed by atoms with Gasteiger partial charge in [0.15, 0.2) is 0 Å². The molecule has 6 nitrogen and oxygen atoms in total. The van der Waals surface area contributed by atoms with E-state index in [-0.39, 0.29) is 0 Å². The second kappa shape index (κ2) is 10.4. The van der Waals surface area contributed by atoms with Crippen LogP contribution in [0.1, 0.15) is 0 Å². The van der Waals surface area contributed by atoms with Gasteiger partial charge in [-0.15, -0.1) is 0 Å². The Morgan fingerprint density at radius 3 is 1.72 bits per heavy atom. The predicted octanol–water partition coefficient (Wildman–Crippen LogP) is 8.43. The third-order valence-electron chi connectivity index (χ3n) is 7.53. The molecule has 4 aromatic heterocycles. The Bertz CT molecular complexity index is 2210. The van der Waals surface area contributed by atoms with Gasteiger partial charge in [0.1, 0.15) is 17.2 Å². The first kappa shape index (κ1) is 24.8. The van der Waals surface area contributed by atoms with E-state index in [9.17, 15) is 0 Å². The van der Waals surface area contributed by atoms with E-state index < -0.39 is 0 Å². The number of para-hydroxylation sites is 3. The third-order valence-corrected chi connectivity index (χ3v) is 7.53. The number of imidazole rings is 1. The van der Waals surface area contributed by atoms with Crippen LogP contribution in [0.2, 0.25) is 0 Å². The standard InChI is InChI=1S/C37H24N6/c1-2-10-28(11-3-1)43-34-15-5-4-12-30(34)42-37(43)26-18-16-25(17-19-26)27-20-21-29-33(24-27)41-36(32-14-7-9-23-39-32)35(40-29)31-13-6-8-22-38-31/h1-24H. The van der Waals surface area contributed by atoms with Gasteiger partial charge in [0.2, 0.25) is 0 Å². The first-order chi connectivity index (χ1) is 21.3. The molecule has 0 bridgehead atoms. The first-order valence-electron chi connectivity index (χ1n) is 14.1. The quantitative estimate of drug-likeness (QED) is 0.214. The smallest absolute Gasteiger partial charge is 0.145 e. The van der Waals surface area contributed by atoms with Gasteiger partial charge < -0.3 is 0 Å². The number of nitrogens with zero attached hydrogens (tertiary/aromatic N) is 6. The van der Waals surface area contributed by atoms with Gasteiger partial charge in [-0.3, -0.25) is 14.5 Å². The summed E-state index contributed by atoms with van der Waals surface area (Å²) >= 11 is 0. The summed E-state index contributed by atoms with van der Waals surface area (Å²) in [4.78, 5) is 24.2. The van der Waals surface area contributed by atoms with Gasteiger partial charge in [0.05, 0.1) is 33.5 Å². The minimum Gasteiger partial charge on any atom is -0.292 e. The summed E-state index contributed by atoms with van der Waals surface area (Å²) < 4.78 is 2.22. The fourth-order valence-electron chi connectivity index (χ4n) is 5.47. The Morgan fingerprint density at radius 2 is 1.02 bits per heavy atom. The minimum absolute atomic E-state index is 0.708. The lowest BCUT2D eigenvalue weighted by Gasteiger charge is -2.11. The van der Waals surface area contributed by atoms with E-state index in [1.165, 1.54) is 0 Å². The number of rotatable bonds is 5. The molecule has 0 atom stereocenters. The predicted molar refractivity (Wildman–Crippen MR) is 171 cm³/mol. The normalized spacial score (nSPS) is 11.3. The van der Waals surface area contributed by atoms with Crippen LogP contribution in [0, 0.1) is 0 Å². The van der Waals surface area contributed by atoms with Crippen LogP contribution in [0.4, 0.5) is 0 Å². The monoisotopic (exact) mass is 552 g/mol. The van der Waals surface area contributed by atoms with E-state index in [4.69, 9.17) is 15.0 Å². The maximum atomic E-state index is 5.06. The molecule has 0 unspecified atom stereocenters. The molecule has 43 heavy (non-hydrogen) atoms. The molecule has 8 aromatic rings. The van der Waals surface area contributed by atoms with Gasteiger partial charge in [0, 0.05) is 23.6 Å². The molecule has 4 heterocycles. The van der Waals surface area contributed by atoms with Crippen molar-refractivity contribution in [2.24, 2.45) is 0 Å². The van der Waals surface area contributed by atoms with E-state index in [2.05, 4.69) is 93.4 Å². The maximum Gasteiger partial charge on any atom is 0.145 e. The Kier molecular flexibility index (Phi) is 6.01. The lowest BCUT2D eigenvalue weighted by Crippen LogP contribution is -1.98. The molecule has 0 spiro atoms. The highest BCUT2D eigenvalue weighted by atomic mass is 15.1. The van der Waals surface area contributed by atoms with Gasteiger partial charge >= 0.3 is 0 Å². The summed E-state index contributed by atoms with van der Waals surface area (Å²) in [5.41, 5.74) is 10.9. The largest absolute Gasteiger partial charge is 0.292 e. The van der Waals surface area contributed by atoms with E-state index in [1.807, 2.05) is 54.6 Å². The molecule has 4 aromatic carbocycles. The summed E-state index contributed by atoms with van der Waals surface area (Å²) in [6.45, 7) is 0. The lowest BCUT2D eigenvalue weighted by atomic mass is 10.0. The second-order valence-electron chi connectivity index (χ2n) is 10.2. The summed E-state index contributed by atoms with van der Waals surface area (Å²) in [5, 5.41) is 0. The fraction of sp³-hybridized carbons (Fsp3) is 0. The second-order valence-corrected chi connectivity index (χ2v) is 10.2. The van der Waals surface area contributed by atoms with Crippen molar-refractivity contribution in [2.75, 3.05) is 0 Å². The van der Waals surface area contributed by atoms with Crippen molar-refractivity contribution in [3.8, 4) is 51.0 Å². The van der Waals surface area contributed by atoms with Crippen LogP contribution in [-0.2, 0) is 0 Å². The highest BCUT2D eigenvalue weighted by Crippen LogP contribution is 2.33. The first-order valence-corrected chi connectivity index (χ1v) is 14.1. The summed E-state index contributed by atoms with van der Waals surface area (Å²) in [6, 6.07) is 45.0. The van der Waals surface area contributed by atoms with E-state index in [1.54, 1.807) is 12.4 Å². The molecular weight excluding hydrogens is 528 g/mol. The maximum absolute atomic E-state index is 5.06. The van der Waals surface area contributed by atoms with Gasteiger partial charge in [-0.1, -0.05) is 72.8 Å².